The molecule has 0 aliphatic rings. The summed E-state index contributed by atoms with van der Waals surface area (Å²) in [5.41, 5.74) is 0.358. The van der Waals surface area contributed by atoms with Crippen molar-refractivity contribution in [2.24, 2.45) is 10.2 Å². The summed E-state index contributed by atoms with van der Waals surface area (Å²) in [6.45, 7) is 1.75. The number of benzene rings is 4. The van der Waals surface area contributed by atoms with Crippen LogP contribution in [-0.2, 0) is 16.5 Å². The number of nitrogens with one attached hydrogen (secondary N) is 1. The van der Waals surface area contributed by atoms with Gasteiger partial charge in [-0.2, -0.15) is 18.6 Å². The van der Waals surface area contributed by atoms with E-state index >= 15 is 0 Å². The molecule has 0 bridgehead atoms. The summed E-state index contributed by atoms with van der Waals surface area (Å²) < 4.78 is 38.3. The van der Waals surface area contributed by atoms with Crippen molar-refractivity contribution in [2.75, 3.05) is 12.4 Å². The largest absolute Gasteiger partial charge is 1.00 e. The van der Waals surface area contributed by atoms with Gasteiger partial charge in [-0.3, -0.25) is 9.35 Å². The van der Waals surface area contributed by atoms with Crippen LogP contribution in [0.1, 0.15) is 22.8 Å². The Morgan fingerprint density at radius 3 is 2.44 bits per heavy atom. The van der Waals surface area contributed by atoms with E-state index in [2.05, 4.69) is 15.5 Å². The maximum atomic E-state index is 13.4. The average molecular weight is 596 g/mol. The first-order valence-corrected chi connectivity index (χ1v) is 13.3. The van der Waals surface area contributed by atoms with Crippen LogP contribution in [0.15, 0.2) is 75.8 Å². The van der Waals surface area contributed by atoms with Crippen molar-refractivity contribution in [1.29, 1.82) is 0 Å². The average Bonchev–Trinajstić information content (AvgIpc) is 2.89. The Kier molecular flexibility index (Phi) is 10.0. The first-order valence-electron chi connectivity index (χ1n) is 11.1. The van der Waals surface area contributed by atoms with E-state index in [0.29, 0.717) is 28.5 Å². The van der Waals surface area contributed by atoms with E-state index in [9.17, 15) is 22.9 Å². The first-order chi connectivity index (χ1) is 18.0. The van der Waals surface area contributed by atoms with Gasteiger partial charge in [-0.05, 0) is 47.7 Å². The van der Waals surface area contributed by atoms with E-state index in [0.717, 1.165) is 6.07 Å². The molecule has 2 N–H and O–H groups in total. The molecule has 9 nitrogen and oxygen atoms in total. The zero-order chi connectivity index (χ0) is 27.6. The van der Waals surface area contributed by atoms with Crippen molar-refractivity contribution in [3.63, 3.8) is 0 Å². The van der Waals surface area contributed by atoms with Crippen LogP contribution in [0.25, 0.3) is 10.8 Å². The number of fused-ring (bicyclic) bond motifs is 1. The van der Waals surface area contributed by atoms with Crippen molar-refractivity contribution < 1.29 is 57.2 Å². The van der Waals surface area contributed by atoms with Crippen LogP contribution in [0.2, 0.25) is 10.0 Å². The molecule has 13 heteroatoms. The molecule has 0 saturated heterocycles. The first kappa shape index (κ1) is 30.8. The Morgan fingerprint density at radius 2 is 1.77 bits per heavy atom. The maximum Gasteiger partial charge on any atom is 1.00 e. The van der Waals surface area contributed by atoms with Crippen LogP contribution in [0, 0.1) is 0 Å². The normalized spacial score (nSPS) is 11.4. The number of ether oxygens (including phenoxy) is 1. The van der Waals surface area contributed by atoms with Crippen molar-refractivity contribution in [3.05, 3.63) is 81.8 Å². The molecule has 39 heavy (non-hydrogen) atoms. The molecule has 4 rings (SSSR count). The van der Waals surface area contributed by atoms with E-state index in [1.54, 1.807) is 49.4 Å². The number of methoxy groups -OCH3 is 1. The van der Waals surface area contributed by atoms with Gasteiger partial charge < -0.3 is 15.2 Å². The summed E-state index contributed by atoms with van der Waals surface area (Å²) in [4.78, 5) is 12.6. The van der Waals surface area contributed by atoms with Crippen molar-refractivity contribution in [1.82, 2.24) is 0 Å². The summed E-state index contributed by atoms with van der Waals surface area (Å²) in [5.74, 6) is -1.08. The molecule has 4 aromatic carbocycles. The molecule has 0 saturated carbocycles. The molecule has 0 aromatic heterocycles. The van der Waals surface area contributed by atoms with Gasteiger partial charge >= 0.3 is 29.6 Å². The minimum atomic E-state index is -4.64. The van der Waals surface area contributed by atoms with E-state index in [-0.39, 0.29) is 62.2 Å². The fourth-order valence-electron chi connectivity index (χ4n) is 3.78. The number of hydrogen-bond donors (Lipinski definition) is 2. The van der Waals surface area contributed by atoms with Gasteiger partial charge in [0, 0.05) is 10.9 Å². The standard InChI is InChI=1S/C26H21Cl2N3O6S.Na/c1-3-14-11-16(13-21(22(14)27)38(34,35)36)30-31-24-17-8-5-4-7-15(17)12-18(25(24)32)26(33)29-19-9-6-10-20(37-2)23(19)28;/h4-13,32H,3H2,1-2H3,(H,29,33)(H,34,35,36);/q;+1/p-1. The minimum Gasteiger partial charge on any atom is -0.870 e. The van der Waals surface area contributed by atoms with Gasteiger partial charge in [0.25, 0.3) is 16.0 Å². The molecule has 0 unspecified atom stereocenters. The predicted molar refractivity (Wildman–Crippen MR) is 144 cm³/mol. The fourth-order valence-corrected chi connectivity index (χ4v) is 5.19. The Balaban J connectivity index is 0.00000420. The zero-order valence-corrected chi connectivity index (χ0v) is 25.4. The Hall–Kier alpha value is -2.70. The van der Waals surface area contributed by atoms with Gasteiger partial charge in [0.2, 0.25) is 0 Å². The molecule has 0 atom stereocenters. The third-order valence-electron chi connectivity index (χ3n) is 5.68. The summed E-state index contributed by atoms with van der Waals surface area (Å²) in [7, 11) is -3.20. The van der Waals surface area contributed by atoms with Crippen LogP contribution in [-0.4, -0.2) is 26.0 Å². The van der Waals surface area contributed by atoms with Gasteiger partial charge in [-0.1, -0.05) is 66.2 Å². The van der Waals surface area contributed by atoms with E-state index in [4.69, 9.17) is 27.9 Å². The number of rotatable bonds is 7. The van der Waals surface area contributed by atoms with Gasteiger partial charge in [0.15, 0.2) is 0 Å². The van der Waals surface area contributed by atoms with Crippen molar-refractivity contribution in [3.8, 4) is 11.5 Å². The van der Waals surface area contributed by atoms with Gasteiger partial charge in [-0.25, -0.2) is 0 Å². The number of halogens is 2. The molecule has 0 spiro atoms. The Bertz CT molecular complexity index is 1710. The molecule has 0 radical (unpaired) electrons. The third-order valence-corrected chi connectivity index (χ3v) is 7.50. The number of azo groups is 1. The quantitative estimate of drug-likeness (QED) is 0.189. The maximum absolute atomic E-state index is 13.4. The van der Waals surface area contributed by atoms with Crippen molar-refractivity contribution >= 4 is 67.1 Å². The van der Waals surface area contributed by atoms with Gasteiger partial charge in [-0.15, -0.1) is 0 Å². The molecular formula is C26H20Cl2N3NaO6S. The molecule has 0 aliphatic heterocycles. The fraction of sp³-hybridized carbons (Fsp3) is 0.115. The predicted octanol–water partition coefficient (Wildman–Crippen LogP) is 3.71. The Labute approximate surface area is 256 Å². The minimum absolute atomic E-state index is 0. The van der Waals surface area contributed by atoms with Crippen molar-refractivity contribution in [2.45, 2.75) is 18.2 Å². The number of carbonyl (C=O) groups is 1. The summed E-state index contributed by atoms with van der Waals surface area (Å²) in [6.07, 6.45) is 0.350. The monoisotopic (exact) mass is 595 g/mol. The molecular weight excluding hydrogens is 576 g/mol. The number of hydrogen-bond acceptors (Lipinski definition) is 7. The van der Waals surface area contributed by atoms with Gasteiger partial charge in [0.05, 0.1) is 29.2 Å². The SMILES string of the molecule is CCc1cc(N=Nc2c([O-])c(C(=O)Nc3cccc(OC)c3Cl)cc3ccccc23)cc(S(=O)(=O)O)c1Cl.[Na+]. The smallest absolute Gasteiger partial charge is 0.870 e. The van der Waals surface area contributed by atoms with Crippen LogP contribution < -0.4 is 44.7 Å². The van der Waals surface area contributed by atoms with E-state index < -0.39 is 26.7 Å². The molecule has 1 amide bonds. The molecule has 0 fully saturated rings. The second-order valence-electron chi connectivity index (χ2n) is 8.04. The summed E-state index contributed by atoms with van der Waals surface area (Å²) in [6, 6.07) is 15.6. The zero-order valence-electron chi connectivity index (χ0n) is 21.0. The summed E-state index contributed by atoms with van der Waals surface area (Å²) >= 11 is 12.4. The number of aryl methyl sites for hydroxylation is 1. The summed E-state index contributed by atoms with van der Waals surface area (Å²) in [5, 5.41) is 25.2. The molecule has 0 aliphatic carbocycles. The van der Waals surface area contributed by atoms with Crippen LogP contribution in [0.4, 0.5) is 17.1 Å². The number of anilines is 1. The topological polar surface area (TPSA) is 140 Å². The van der Waals surface area contributed by atoms with Crippen LogP contribution in [0.5, 0.6) is 11.5 Å². The second-order valence-corrected chi connectivity index (χ2v) is 10.2. The Morgan fingerprint density at radius 1 is 1.05 bits per heavy atom. The van der Waals surface area contributed by atoms with E-state index in [1.165, 1.54) is 19.2 Å². The van der Waals surface area contributed by atoms with Crippen LogP contribution in [0.3, 0.4) is 0 Å². The van der Waals surface area contributed by atoms with Gasteiger partial charge in [0.1, 0.15) is 15.7 Å². The van der Waals surface area contributed by atoms with Crippen LogP contribution >= 0.6 is 23.2 Å². The third kappa shape index (κ3) is 6.55. The molecule has 4 aromatic rings. The molecule has 196 valence electrons. The van der Waals surface area contributed by atoms with E-state index in [1.807, 2.05) is 0 Å². The molecule has 0 heterocycles. The number of carbonyl (C=O) groups excluding carboxylic acids is 1. The number of nitrogens with zero attached hydrogens (tertiary/aromatic N) is 2. The second kappa shape index (κ2) is 12.6. The number of amides is 1.